The molecule has 6 nitrogen and oxygen atoms in total. The fourth-order valence-corrected chi connectivity index (χ4v) is 2.65. The van der Waals surface area contributed by atoms with Crippen molar-refractivity contribution in [2.45, 2.75) is 44.9 Å². The predicted octanol–water partition coefficient (Wildman–Crippen LogP) is 3.72. The van der Waals surface area contributed by atoms with E-state index < -0.39 is 0 Å². The number of urea groups is 1. The number of carbonyl (C=O) groups is 1. The summed E-state index contributed by atoms with van der Waals surface area (Å²) in [6.45, 7) is 3.43. The molecule has 1 heterocycles. The lowest BCUT2D eigenvalue weighted by atomic mass is 10.3. The third kappa shape index (κ3) is 4.06. The van der Waals surface area contributed by atoms with Crippen LogP contribution in [-0.2, 0) is 0 Å². The maximum absolute atomic E-state index is 12.5. The molecule has 1 aromatic carbocycles. The summed E-state index contributed by atoms with van der Waals surface area (Å²) in [5, 5.41) is 11.9. The first-order chi connectivity index (χ1) is 11.7. The normalized spacial score (nSPS) is 14.1. The number of fused-ring (bicyclic) bond motifs is 1. The molecule has 1 aliphatic carbocycles. The molecule has 1 aromatic heterocycles. The number of carbonyl (C=O) groups excluding carboxylic acids is 1. The van der Waals surface area contributed by atoms with E-state index >= 15 is 0 Å². The maximum Gasteiger partial charge on any atom is 0.321 e. The van der Waals surface area contributed by atoms with Gasteiger partial charge in [-0.25, -0.2) is 9.78 Å². The fourth-order valence-electron chi connectivity index (χ4n) is 2.65. The van der Waals surface area contributed by atoms with Crippen LogP contribution in [0.4, 0.5) is 10.5 Å². The summed E-state index contributed by atoms with van der Waals surface area (Å²) in [4.78, 5) is 18.7. The third-order valence-electron chi connectivity index (χ3n) is 4.24. The van der Waals surface area contributed by atoms with Gasteiger partial charge in [-0.3, -0.25) is 0 Å². The SMILES string of the molecule is CCCCN(CCCO)C(=O)Nc1ccc2nc(C3CC3)oc2c1. The number of rotatable bonds is 8. The summed E-state index contributed by atoms with van der Waals surface area (Å²) in [5.41, 5.74) is 2.25. The smallest absolute Gasteiger partial charge is 0.321 e. The van der Waals surface area contributed by atoms with E-state index in [0.29, 0.717) is 36.7 Å². The second kappa shape index (κ2) is 7.66. The highest BCUT2D eigenvalue weighted by Gasteiger charge is 2.28. The van der Waals surface area contributed by atoms with Gasteiger partial charge < -0.3 is 19.7 Å². The van der Waals surface area contributed by atoms with Crippen LogP contribution in [0.25, 0.3) is 11.1 Å². The van der Waals surface area contributed by atoms with Crippen LogP contribution in [0.1, 0.15) is 50.8 Å². The highest BCUT2D eigenvalue weighted by Crippen LogP contribution is 2.40. The lowest BCUT2D eigenvalue weighted by Crippen LogP contribution is -2.36. The van der Waals surface area contributed by atoms with Gasteiger partial charge in [0.15, 0.2) is 11.5 Å². The van der Waals surface area contributed by atoms with Gasteiger partial charge in [-0.1, -0.05) is 13.3 Å². The first-order valence-electron chi connectivity index (χ1n) is 8.78. The molecule has 0 radical (unpaired) electrons. The molecule has 2 N–H and O–H groups in total. The highest BCUT2D eigenvalue weighted by atomic mass is 16.3. The summed E-state index contributed by atoms with van der Waals surface area (Å²) in [6, 6.07) is 5.42. The van der Waals surface area contributed by atoms with Crippen molar-refractivity contribution in [3.05, 3.63) is 24.1 Å². The standard InChI is InChI=1S/C18H25N3O3/c1-2-3-9-21(10-4-11-22)18(23)19-14-7-8-15-16(12-14)24-17(20-15)13-5-6-13/h7-8,12-13,22H,2-6,9-11H2,1H3,(H,19,23). The van der Waals surface area contributed by atoms with Gasteiger partial charge in [0.2, 0.25) is 0 Å². The monoisotopic (exact) mass is 331 g/mol. The van der Waals surface area contributed by atoms with Crippen molar-refractivity contribution in [3.8, 4) is 0 Å². The van der Waals surface area contributed by atoms with Crippen LogP contribution >= 0.6 is 0 Å². The highest BCUT2D eigenvalue weighted by molar-refractivity contribution is 5.91. The van der Waals surface area contributed by atoms with Gasteiger partial charge >= 0.3 is 6.03 Å². The zero-order valence-corrected chi connectivity index (χ0v) is 14.1. The Balaban J connectivity index is 1.68. The Bertz CT molecular complexity index is 686. The number of unbranched alkanes of at least 4 members (excludes halogenated alkanes) is 1. The average Bonchev–Trinajstić information content (AvgIpc) is 3.34. The number of amides is 2. The van der Waals surface area contributed by atoms with E-state index in [-0.39, 0.29) is 12.6 Å². The van der Waals surface area contributed by atoms with Gasteiger partial charge in [0, 0.05) is 37.4 Å². The number of hydrogen-bond donors (Lipinski definition) is 2. The van der Waals surface area contributed by atoms with Crippen LogP contribution in [0.3, 0.4) is 0 Å². The predicted molar refractivity (Wildman–Crippen MR) is 93.2 cm³/mol. The zero-order chi connectivity index (χ0) is 16.9. The molecule has 0 aliphatic heterocycles. The summed E-state index contributed by atoms with van der Waals surface area (Å²) in [6.07, 6.45) is 4.85. The van der Waals surface area contributed by atoms with Crippen LogP contribution in [-0.4, -0.2) is 40.7 Å². The zero-order valence-electron chi connectivity index (χ0n) is 14.1. The molecule has 0 saturated heterocycles. The van der Waals surface area contributed by atoms with Crippen molar-refractivity contribution in [1.82, 2.24) is 9.88 Å². The Morgan fingerprint density at radius 1 is 1.38 bits per heavy atom. The molecule has 1 aliphatic rings. The topological polar surface area (TPSA) is 78.6 Å². The Morgan fingerprint density at radius 3 is 2.88 bits per heavy atom. The van der Waals surface area contributed by atoms with Crippen molar-refractivity contribution in [2.24, 2.45) is 0 Å². The van der Waals surface area contributed by atoms with Crippen LogP contribution < -0.4 is 5.32 Å². The number of aliphatic hydroxyl groups excluding tert-OH is 1. The molecule has 1 saturated carbocycles. The van der Waals surface area contributed by atoms with E-state index in [4.69, 9.17) is 9.52 Å². The van der Waals surface area contributed by atoms with E-state index in [1.165, 1.54) is 0 Å². The van der Waals surface area contributed by atoms with Crippen LogP contribution in [0.2, 0.25) is 0 Å². The van der Waals surface area contributed by atoms with E-state index in [9.17, 15) is 4.79 Å². The second-order valence-corrected chi connectivity index (χ2v) is 6.36. The van der Waals surface area contributed by atoms with Gasteiger partial charge in [0.25, 0.3) is 0 Å². The van der Waals surface area contributed by atoms with E-state index in [2.05, 4.69) is 17.2 Å². The average molecular weight is 331 g/mol. The van der Waals surface area contributed by atoms with E-state index in [1.807, 2.05) is 18.2 Å². The number of benzene rings is 1. The van der Waals surface area contributed by atoms with Crippen molar-refractivity contribution >= 4 is 22.8 Å². The van der Waals surface area contributed by atoms with E-state index in [0.717, 1.165) is 37.1 Å². The van der Waals surface area contributed by atoms with Gasteiger partial charge in [0.1, 0.15) is 5.52 Å². The van der Waals surface area contributed by atoms with Crippen molar-refractivity contribution in [3.63, 3.8) is 0 Å². The lowest BCUT2D eigenvalue weighted by Gasteiger charge is -2.22. The first-order valence-corrected chi connectivity index (χ1v) is 8.78. The number of nitrogens with zero attached hydrogens (tertiary/aromatic N) is 2. The molecule has 24 heavy (non-hydrogen) atoms. The molecule has 0 unspecified atom stereocenters. The molecular formula is C18H25N3O3. The number of aliphatic hydroxyl groups is 1. The molecule has 0 atom stereocenters. The minimum absolute atomic E-state index is 0.0872. The summed E-state index contributed by atoms with van der Waals surface area (Å²) >= 11 is 0. The largest absolute Gasteiger partial charge is 0.440 e. The number of hydrogen-bond acceptors (Lipinski definition) is 4. The molecular weight excluding hydrogens is 306 g/mol. The summed E-state index contributed by atoms with van der Waals surface area (Å²) in [7, 11) is 0. The number of oxazole rings is 1. The van der Waals surface area contributed by atoms with Crippen molar-refractivity contribution in [1.29, 1.82) is 0 Å². The number of nitrogens with one attached hydrogen (secondary N) is 1. The minimum atomic E-state index is -0.141. The second-order valence-electron chi connectivity index (χ2n) is 6.36. The Morgan fingerprint density at radius 2 is 2.17 bits per heavy atom. The lowest BCUT2D eigenvalue weighted by molar-refractivity contribution is 0.201. The van der Waals surface area contributed by atoms with Crippen molar-refractivity contribution in [2.75, 3.05) is 25.0 Å². The van der Waals surface area contributed by atoms with Crippen LogP contribution in [0.15, 0.2) is 22.6 Å². The summed E-state index contributed by atoms with van der Waals surface area (Å²) in [5.74, 6) is 1.28. The Labute approximate surface area is 141 Å². The van der Waals surface area contributed by atoms with Gasteiger partial charge in [-0.15, -0.1) is 0 Å². The van der Waals surface area contributed by atoms with Crippen LogP contribution in [0, 0.1) is 0 Å². The molecule has 0 spiro atoms. The molecule has 3 rings (SSSR count). The molecule has 6 heteroatoms. The third-order valence-corrected chi connectivity index (χ3v) is 4.24. The molecule has 2 aromatic rings. The number of aromatic nitrogens is 1. The first kappa shape index (κ1) is 16.8. The van der Waals surface area contributed by atoms with E-state index in [1.54, 1.807) is 4.90 Å². The molecule has 0 bridgehead atoms. The fraction of sp³-hybridized carbons (Fsp3) is 0.556. The minimum Gasteiger partial charge on any atom is -0.440 e. The molecule has 2 amide bonds. The van der Waals surface area contributed by atoms with Gasteiger partial charge in [-0.05, 0) is 37.8 Å². The Hall–Kier alpha value is -2.08. The van der Waals surface area contributed by atoms with Crippen molar-refractivity contribution < 1.29 is 14.3 Å². The molecule has 1 fully saturated rings. The van der Waals surface area contributed by atoms with Crippen LogP contribution in [0.5, 0.6) is 0 Å². The maximum atomic E-state index is 12.5. The Kier molecular flexibility index (Phi) is 5.35. The quantitative estimate of drug-likeness (QED) is 0.772. The summed E-state index contributed by atoms with van der Waals surface area (Å²) < 4.78 is 5.80. The number of anilines is 1. The molecule has 130 valence electrons. The van der Waals surface area contributed by atoms with Gasteiger partial charge in [0.05, 0.1) is 0 Å². The van der Waals surface area contributed by atoms with Gasteiger partial charge in [-0.2, -0.15) is 0 Å².